The van der Waals surface area contributed by atoms with Gasteiger partial charge in [0.05, 0.1) is 25.8 Å². The number of aromatic nitrogens is 4. The number of ether oxygens (including phenoxy) is 1. The van der Waals surface area contributed by atoms with E-state index in [1.807, 2.05) is 29.0 Å². The van der Waals surface area contributed by atoms with Gasteiger partial charge in [0.25, 0.3) is 0 Å². The molecule has 0 aliphatic carbocycles. The molecule has 2 aromatic carbocycles. The predicted octanol–water partition coefficient (Wildman–Crippen LogP) is -0.0721. The molecule has 0 unspecified atom stereocenters. The van der Waals surface area contributed by atoms with Crippen molar-refractivity contribution in [2.24, 2.45) is 0 Å². The maximum atomic E-state index is 13.3. The van der Waals surface area contributed by atoms with Crippen molar-refractivity contribution in [1.29, 1.82) is 0 Å². The number of methoxy groups -OCH3 is 1. The van der Waals surface area contributed by atoms with Crippen LogP contribution >= 0.6 is 0 Å². The molecule has 7 nitrogen and oxygen atoms in total. The minimum Gasteiger partial charge on any atom is -0.496 e. The van der Waals surface area contributed by atoms with Crippen LogP contribution in [0.25, 0.3) is 0 Å². The summed E-state index contributed by atoms with van der Waals surface area (Å²) >= 11 is 0. The SMILES string of the molecule is C=CC[NH+]1CC[NH+]([C@@H](c2ccccc2OC)c2nnnn2Cc2ccc(F)cc2)CC1. The number of hydrogen-bond acceptors (Lipinski definition) is 4. The minimum absolute atomic E-state index is 0.0584. The normalized spacial score (nSPS) is 19.7. The Bertz CT molecular complexity index is 997. The lowest BCUT2D eigenvalue weighted by molar-refractivity contribution is -1.02. The summed E-state index contributed by atoms with van der Waals surface area (Å²) in [6, 6.07) is 14.5. The molecule has 162 valence electrons. The monoisotopic (exact) mass is 424 g/mol. The molecule has 0 saturated carbocycles. The number of tetrazole rings is 1. The molecule has 1 saturated heterocycles. The van der Waals surface area contributed by atoms with Gasteiger partial charge in [0.15, 0.2) is 6.04 Å². The van der Waals surface area contributed by atoms with Gasteiger partial charge in [-0.2, -0.15) is 0 Å². The molecule has 0 spiro atoms. The molecule has 1 atom stereocenters. The van der Waals surface area contributed by atoms with E-state index < -0.39 is 0 Å². The lowest BCUT2D eigenvalue weighted by Gasteiger charge is -2.34. The maximum absolute atomic E-state index is 13.3. The highest BCUT2D eigenvalue weighted by molar-refractivity contribution is 5.37. The van der Waals surface area contributed by atoms with Crippen LogP contribution in [0.15, 0.2) is 61.2 Å². The quantitative estimate of drug-likeness (QED) is 0.497. The number of nitrogens with one attached hydrogen (secondary N) is 2. The second-order valence-corrected chi connectivity index (χ2v) is 7.90. The predicted molar refractivity (Wildman–Crippen MR) is 115 cm³/mol. The first kappa shape index (κ1) is 21.1. The van der Waals surface area contributed by atoms with E-state index in [1.54, 1.807) is 24.1 Å². The molecule has 1 aliphatic heterocycles. The number of rotatable bonds is 8. The first-order valence-corrected chi connectivity index (χ1v) is 10.6. The summed E-state index contributed by atoms with van der Waals surface area (Å²) in [6.07, 6.45) is 1.99. The van der Waals surface area contributed by atoms with Gasteiger partial charge in [0.2, 0.25) is 5.82 Å². The van der Waals surface area contributed by atoms with Crippen LogP contribution in [-0.4, -0.2) is 60.0 Å². The van der Waals surface area contributed by atoms with E-state index in [4.69, 9.17) is 4.74 Å². The van der Waals surface area contributed by atoms with Gasteiger partial charge in [0.1, 0.15) is 37.7 Å². The number of quaternary nitrogens is 2. The molecule has 0 radical (unpaired) electrons. The highest BCUT2D eigenvalue weighted by Crippen LogP contribution is 2.27. The Morgan fingerprint density at radius 3 is 2.58 bits per heavy atom. The van der Waals surface area contributed by atoms with Crippen LogP contribution in [0.5, 0.6) is 5.75 Å². The molecule has 8 heteroatoms. The van der Waals surface area contributed by atoms with Crippen molar-refractivity contribution in [2.75, 3.05) is 39.8 Å². The number of hydrogen-bond donors (Lipinski definition) is 2. The summed E-state index contributed by atoms with van der Waals surface area (Å²) < 4.78 is 20.8. The van der Waals surface area contributed by atoms with Crippen molar-refractivity contribution < 1.29 is 18.9 Å². The van der Waals surface area contributed by atoms with E-state index >= 15 is 0 Å². The van der Waals surface area contributed by atoms with Crippen LogP contribution in [0.2, 0.25) is 0 Å². The van der Waals surface area contributed by atoms with Crippen molar-refractivity contribution in [3.63, 3.8) is 0 Å². The van der Waals surface area contributed by atoms with Gasteiger partial charge in [-0.25, -0.2) is 9.07 Å². The van der Waals surface area contributed by atoms with Crippen molar-refractivity contribution in [3.05, 3.63) is 84.0 Å². The van der Waals surface area contributed by atoms with Crippen molar-refractivity contribution in [3.8, 4) is 5.75 Å². The van der Waals surface area contributed by atoms with E-state index in [0.717, 1.165) is 55.4 Å². The van der Waals surface area contributed by atoms with Gasteiger partial charge in [-0.3, -0.25) is 0 Å². The Hall–Kier alpha value is -3.10. The first-order chi connectivity index (χ1) is 15.2. The number of piperazine rings is 1. The fourth-order valence-electron chi connectivity index (χ4n) is 4.36. The molecule has 2 heterocycles. The summed E-state index contributed by atoms with van der Waals surface area (Å²) in [4.78, 5) is 2.95. The van der Waals surface area contributed by atoms with E-state index in [0.29, 0.717) is 6.54 Å². The molecular weight excluding hydrogens is 395 g/mol. The van der Waals surface area contributed by atoms with Crippen LogP contribution in [0.1, 0.15) is 23.0 Å². The lowest BCUT2D eigenvalue weighted by Crippen LogP contribution is -3.28. The number of halogens is 1. The Balaban J connectivity index is 1.68. The average Bonchev–Trinajstić information content (AvgIpc) is 3.25. The molecule has 1 aromatic heterocycles. The summed E-state index contributed by atoms with van der Waals surface area (Å²) in [5.41, 5.74) is 2.02. The molecule has 3 aromatic rings. The van der Waals surface area contributed by atoms with Gasteiger partial charge in [-0.15, -0.1) is 5.10 Å². The summed E-state index contributed by atoms with van der Waals surface area (Å²) in [5.74, 6) is 1.37. The Kier molecular flexibility index (Phi) is 6.69. The van der Waals surface area contributed by atoms with Crippen LogP contribution < -0.4 is 14.5 Å². The van der Waals surface area contributed by atoms with Gasteiger partial charge in [0, 0.05) is 0 Å². The number of nitrogens with zero attached hydrogens (tertiary/aromatic N) is 4. The van der Waals surface area contributed by atoms with Gasteiger partial charge in [-0.1, -0.05) is 30.8 Å². The van der Waals surface area contributed by atoms with E-state index in [9.17, 15) is 4.39 Å². The maximum Gasteiger partial charge on any atom is 0.214 e. The highest BCUT2D eigenvalue weighted by atomic mass is 19.1. The molecule has 0 bridgehead atoms. The third-order valence-corrected chi connectivity index (χ3v) is 5.95. The van der Waals surface area contributed by atoms with Crippen molar-refractivity contribution >= 4 is 0 Å². The number of para-hydroxylation sites is 1. The van der Waals surface area contributed by atoms with Crippen LogP contribution in [0, 0.1) is 5.82 Å². The molecule has 1 fully saturated rings. The lowest BCUT2D eigenvalue weighted by atomic mass is 10.0. The van der Waals surface area contributed by atoms with Gasteiger partial charge >= 0.3 is 0 Å². The Labute approximate surface area is 181 Å². The average molecular weight is 425 g/mol. The summed E-state index contributed by atoms with van der Waals surface area (Å²) in [7, 11) is 1.69. The van der Waals surface area contributed by atoms with Crippen LogP contribution in [0.3, 0.4) is 0 Å². The van der Waals surface area contributed by atoms with Crippen molar-refractivity contribution in [1.82, 2.24) is 20.2 Å². The zero-order chi connectivity index (χ0) is 21.6. The first-order valence-electron chi connectivity index (χ1n) is 10.6. The molecule has 2 N–H and O–H groups in total. The number of benzene rings is 2. The topological polar surface area (TPSA) is 61.7 Å². The highest BCUT2D eigenvalue weighted by Gasteiger charge is 2.37. The van der Waals surface area contributed by atoms with E-state index in [2.05, 4.69) is 28.2 Å². The second-order valence-electron chi connectivity index (χ2n) is 7.90. The minimum atomic E-state index is -0.253. The molecule has 31 heavy (non-hydrogen) atoms. The van der Waals surface area contributed by atoms with E-state index in [1.165, 1.54) is 17.0 Å². The van der Waals surface area contributed by atoms with Crippen molar-refractivity contribution in [2.45, 2.75) is 12.6 Å². The molecule has 0 amide bonds. The van der Waals surface area contributed by atoms with Crippen LogP contribution in [0.4, 0.5) is 4.39 Å². The van der Waals surface area contributed by atoms with Gasteiger partial charge in [-0.05, 0) is 46.3 Å². The third-order valence-electron chi connectivity index (χ3n) is 5.95. The molecule has 4 rings (SSSR count). The molecule has 1 aliphatic rings. The summed E-state index contributed by atoms with van der Waals surface area (Å²) in [5, 5.41) is 12.7. The van der Waals surface area contributed by atoms with Gasteiger partial charge < -0.3 is 14.5 Å². The second kappa shape index (κ2) is 9.80. The summed E-state index contributed by atoms with van der Waals surface area (Å²) in [6.45, 7) is 9.46. The van der Waals surface area contributed by atoms with E-state index in [-0.39, 0.29) is 11.9 Å². The standard InChI is InChI=1S/C23H27FN6O/c1-3-12-28-13-15-29(16-14-28)22(20-6-4-5-7-21(20)31-2)23-25-26-27-30(23)17-18-8-10-19(24)11-9-18/h3-11,22H,1,12-17H2,2H3/p+2/t22-/m0/s1. The largest absolute Gasteiger partial charge is 0.496 e. The fourth-order valence-corrected chi connectivity index (χ4v) is 4.36. The third kappa shape index (κ3) is 4.81. The fraction of sp³-hybridized carbons (Fsp3) is 0.348. The Morgan fingerprint density at radius 2 is 1.87 bits per heavy atom. The molecular formula is C23H29FN6O+2. The Morgan fingerprint density at radius 1 is 1.13 bits per heavy atom. The zero-order valence-corrected chi connectivity index (χ0v) is 17.8. The zero-order valence-electron chi connectivity index (χ0n) is 17.8. The van der Waals surface area contributed by atoms with Crippen LogP contribution in [-0.2, 0) is 6.54 Å². The smallest absolute Gasteiger partial charge is 0.214 e.